The Hall–Kier alpha value is -5.17. The van der Waals surface area contributed by atoms with Crippen molar-refractivity contribution in [2.24, 2.45) is 0 Å². The Kier molecular flexibility index (Phi) is 8.26. The maximum absolute atomic E-state index is 14.9. The number of benzene rings is 3. The largest absolute Gasteiger partial charge is 0.462 e. The number of aliphatic hydroxyl groups excluding tert-OH is 4. The highest BCUT2D eigenvalue weighted by molar-refractivity contribution is 5.86. The molecule has 14 heteroatoms. The smallest absolute Gasteiger partial charge is 0.275 e. The number of ether oxygens (including phenoxy) is 2. The zero-order valence-corrected chi connectivity index (χ0v) is 24.1. The molecule has 3 aromatic carbocycles. The Bertz CT molecular complexity index is 2010. The Morgan fingerprint density at radius 1 is 1.04 bits per heavy atom. The van der Waals surface area contributed by atoms with E-state index in [0.29, 0.717) is 28.2 Å². The summed E-state index contributed by atoms with van der Waals surface area (Å²) in [7, 11) is 0. The Morgan fingerprint density at radius 3 is 2.41 bits per heavy atom. The van der Waals surface area contributed by atoms with Gasteiger partial charge in [0, 0.05) is 22.9 Å². The van der Waals surface area contributed by atoms with Crippen molar-refractivity contribution in [2.45, 2.75) is 37.6 Å². The molecule has 6 rings (SSSR count). The molecule has 1 fully saturated rings. The van der Waals surface area contributed by atoms with Crippen molar-refractivity contribution in [1.29, 1.82) is 5.26 Å². The van der Waals surface area contributed by atoms with E-state index in [1.807, 2.05) is 6.07 Å². The summed E-state index contributed by atoms with van der Waals surface area (Å²) in [6, 6.07) is 17.8. The number of aromatic amines is 1. The van der Waals surface area contributed by atoms with Gasteiger partial charge in [-0.25, -0.2) is 13.3 Å². The summed E-state index contributed by atoms with van der Waals surface area (Å²) >= 11 is 0. The lowest BCUT2D eigenvalue weighted by atomic mass is 9.99. The van der Waals surface area contributed by atoms with Gasteiger partial charge in [-0.05, 0) is 55.5 Å². The van der Waals surface area contributed by atoms with Crippen LogP contribution in [-0.2, 0) is 4.74 Å². The number of rotatable bonds is 7. The van der Waals surface area contributed by atoms with Crippen LogP contribution in [0.3, 0.4) is 0 Å². The van der Waals surface area contributed by atoms with E-state index in [1.54, 1.807) is 43.3 Å². The Morgan fingerprint density at radius 2 is 1.76 bits per heavy atom. The number of anilines is 2. The molecular formula is C32H27F2N5O7. The molecule has 6 N–H and O–H groups in total. The van der Waals surface area contributed by atoms with Crippen LogP contribution in [0.15, 0.2) is 71.5 Å². The van der Waals surface area contributed by atoms with Crippen molar-refractivity contribution < 1.29 is 38.7 Å². The highest BCUT2D eigenvalue weighted by atomic mass is 19.1. The lowest BCUT2D eigenvalue weighted by Gasteiger charge is -2.39. The first-order chi connectivity index (χ1) is 22.1. The first kappa shape index (κ1) is 30.8. The molecule has 46 heavy (non-hydrogen) atoms. The number of hydrogen-bond donors (Lipinski definition) is 6. The molecule has 5 atom stereocenters. The zero-order valence-electron chi connectivity index (χ0n) is 24.1. The van der Waals surface area contributed by atoms with E-state index in [4.69, 9.17) is 9.47 Å². The van der Waals surface area contributed by atoms with Crippen LogP contribution in [0.5, 0.6) is 5.75 Å². The minimum atomic E-state index is -1.61. The minimum absolute atomic E-state index is 0.0472. The molecule has 1 aliphatic rings. The maximum atomic E-state index is 14.9. The topological polar surface area (TPSA) is 185 Å². The number of nitrogens with one attached hydrogen (secondary N) is 2. The predicted octanol–water partition coefficient (Wildman–Crippen LogP) is 2.74. The van der Waals surface area contributed by atoms with Crippen molar-refractivity contribution >= 4 is 17.0 Å². The van der Waals surface area contributed by atoms with E-state index >= 15 is 0 Å². The van der Waals surface area contributed by atoms with Crippen molar-refractivity contribution in [2.75, 3.05) is 11.9 Å². The molecule has 5 aromatic rings. The van der Waals surface area contributed by atoms with Crippen LogP contribution >= 0.6 is 0 Å². The number of aromatic nitrogens is 3. The summed E-state index contributed by atoms with van der Waals surface area (Å²) in [6.07, 6.45) is -7.26. The molecule has 236 valence electrons. The molecule has 1 saturated heterocycles. The lowest BCUT2D eigenvalue weighted by Crippen LogP contribution is -2.60. The molecule has 0 bridgehead atoms. The lowest BCUT2D eigenvalue weighted by molar-refractivity contribution is -0.277. The number of H-pyrrole nitrogens is 1. The summed E-state index contributed by atoms with van der Waals surface area (Å²) < 4.78 is 41.1. The van der Waals surface area contributed by atoms with E-state index in [2.05, 4.69) is 15.4 Å². The summed E-state index contributed by atoms with van der Waals surface area (Å²) in [6.45, 7) is 1.03. The van der Waals surface area contributed by atoms with Gasteiger partial charge in [-0.2, -0.15) is 10.4 Å². The minimum Gasteiger partial charge on any atom is -0.462 e. The quantitative estimate of drug-likeness (QED) is 0.156. The number of nitriles is 1. The number of aryl methyl sites for hydroxylation is 1. The van der Waals surface area contributed by atoms with Gasteiger partial charge in [0.15, 0.2) is 0 Å². The number of fused-ring (bicyclic) bond motifs is 1. The molecule has 0 saturated carbocycles. The molecule has 2 aromatic heterocycles. The van der Waals surface area contributed by atoms with Crippen molar-refractivity contribution in [1.82, 2.24) is 14.6 Å². The molecule has 0 aliphatic carbocycles. The van der Waals surface area contributed by atoms with Crippen molar-refractivity contribution in [3.63, 3.8) is 0 Å². The fraction of sp³-hybridized carbons (Fsp3) is 0.219. The Balaban J connectivity index is 1.39. The fourth-order valence-corrected chi connectivity index (χ4v) is 5.35. The predicted molar refractivity (Wildman–Crippen MR) is 160 cm³/mol. The highest BCUT2D eigenvalue weighted by Gasteiger charge is 2.44. The van der Waals surface area contributed by atoms with Gasteiger partial charge in [-0.3, -0.25) is 4.79 Å². The summed E-state index contributed by atoms with van der Waals surface area (Å²) in [4.78, 5) is 16.4. The van der Waals surface area contributed by atoms with E-state index in [-0.39, 0.29) is 28.2 Å². The monoisotopic (exact) mass is 631 g/mol. The van der Waals surface area contributed by atoms with Crippen LogP contribution < -0.4 is 15.6 Å². The third-order valence-electron chi connectivity index (χ3n) is 7.68. The van der Waals surface area contributed by atoms with E-state index in [0.717, 1.165) is 12.1 Å². The van der Waals surface area contributed by atoms with Gasteiger partial charge in [0.2, 0.25) is 6.29 Å². The summed E-state index contributed by atoms with van der Waals surface area (Å²) in [5.74, 6) is -1.37. The molecule has 0 amide bonds. The molecule has 1 aliphatic heterocycles. The van der Waals surface area contributed by atoms with Crippen LogP contribution in [0.4, 0.5) is 20.2 Å². The Labute approximate surface area is 259 Å². The second kappa shape index (κ2) is 12.3. The second-order valence-corrected chi connectivity index (χ2v) is 10.7. The number of hydrogen-bond acceptors (Lipinski definition) is 10. The van der Waals surface area contributed by atoms with Crippen LogP contribution in [0, 0.1) is 29.9 Å². The average molecular weight is 632 g/mol. The summed E-state index contributed by atoms with van der Waals surface area (Å²) in [5, 5.41) is 56.7. The van der Waals surface area contributed by atoms with Crippen LogP contribution in [0.25, 0.3) is 28.0 Å². The van der Waals surface area contributed by atoms with Gasteiger partial charge in [-0.1, -0.05) is 12.1 Å². The van der Waals surface area contributed by atoms with Gasteiger partial charge in [0.05, 0.1) is 29.5 Å². The maximum Gasteiger partial charge on any atom is 0.275 e. The number of nitrogens with zero attached hydrogens (tertiary/aromatic N) is 3. The van der Waals surface area contributed by atoms with E-state index < -0.39 is 54.5 Å². The van der Waals surface area contributed by atoms with E-state index in [9.17, 15) is 39.3 Å². The SMILES string of the molecule is Cc1nn2c(-c3ccc(C#N)cc3)c(Nc3ccc(OC4OC(CO)C(O)C(O)C4O)cc3)c(=O)[nH]c2c1-c1ccc(F)cc1F. The fourth-order valence-electron chi connectivity index (χ4n) is 5.35. The summed E-state index contributed by atoms with van der Waals surface area (Å²) in [5.41, 5.74) is 1.94. The van der Waals surface area contributed by atoms with Gasteiger partial charge < -0.3 is 40.2 Å². The van der Waals surface area contributed by atoms with Gasteiger partial charge in [-0.15, -0.1) is 0 Å². The van der Waals surface area contributed by atoms with Crippen LogP contribution in [0.1, 0.15) is 11.3 Å². The number of halogens is 2. The standard InChI is InChI=1S/C32H27F2N5O7/c1-15-24(21-11-6-18(33)12-22(21)34)30-37-31(44)25(26(39(30)38-15)17-4-2-16(13-35)3-5-17)36-19-7-9-20(10-8-19)45-32-29(43)28(42)27(41)23(14-40)46-32/h2-12,23,27-29,32,36,40-43H,14H2,1H3,(H,37,44). The normalized spacial score (nSPS) is 21.2. The van der Waals surface area contributed by atoms with Gasteiger partial charge in [0.1, 0.15) is 58.8 Å². The molecular weight excluding hydrogens is 604 g/mol. The first-order valence-electron chi connectivity index (χ1n) is 14.1. The molecule has 5 unspecified atom stereocenters. The average Bonchev–Trinajstić information content (AvgIpc) is 3.37. The second-order valence-electron chi connectivity index (χ2n) is 10.7. The molecule has 3 heterocycles. The van der Waals surface area contributed by atoms with Crippen molar-refractivity contribution in [3.8, 4) is 34.2 Å². The zero-order chi connectivity index (χ0) is 32.7. The first-order valence-corrected chi connectivity index (χ1v) is 14.1. The van der Waals surface area contributed by atoms with E-state index in [1.165, 1.54) is 22.7 Å². The van der Waals surface area contributed by atoms with Crippen molar-refractivity contribution in [3.05, 3.63) is 100.0 Å². The van der Waals surface area contributed by atoms with Gasteiger partial charge in [0.25, 0.3) is 5.56 Å². The number of aliphatic hydroxyl groups is 4. The van der Waals surface area contributed by atoms with Gasteiger partial charge >= 0.3 is 0 Å². The van der Waals surface area contributed by atoms with Crippen LogP contribution in [-0.4, -0.2) is 72.3 Å². The molecule has 0 radical (unpaired) electrons. The molecule has 0 spiro atoms. The molecule has 12 nitrogen and oxygen atoms in total. The third-order valence-corrected chi connectivity index (χ3v) is 7.68. The van der Waals surface area contributed by atoms with Crippen LogP contribution in [0.2, 0.25) is 0 Å². The third kappa shape index (κ3) is 5.58. The highest BCUT2D eigenvalue weighted by Crippen LogP contribution is 2.35.